The van der Waals surface area contributed by atoms with E-state index in [0.717, 1.165) is 17.3 Å². The molecule has 0 unspecified atom stereocenters. The average Bonchev–Trinajstić information content (AvgIpc) is 2.37. The van der Waals surface area contributed by atoms with Crippen molar-refractivity contribution in [3.05, 3.63) is 65.2 Å². The summed E-state index contributed by atoms with van der Waals surface area (Å²) in [6.45, 7) is 2.32. The van der Waals surface area contributed by atoms with E-state index in [1.165, 1.54) is 12.1 Å². The van der Waals surface area contributed by atoms with E-state index in [2.05, 4.69) is 5.32 Å². The van der Waals surface area contributed by atoms with E-state index in [9.17, 15) is 13.2 Å². The third kappa shape index (κ3) is 4.17. The number of benzene rings is 2. The number of hydrogen-bond donors (Lipinski definition) is 1. The zero-order valence-corrected chi connectivity index (χ0v) is 11.7. The molecule has 20 heavy (non-hydrogen) atoms. The number of anilines is 1. The first-order chi connectivity index (χ1) is 8.97. The maximum Gasteiger partial charge on any atom is 0.416 e. The van der Waals surface area contributed by atoms with Crippen molar-refractivity contribution in [2.75, 3.05) is 5.32 Å². The quantitative estimate of drug-likeness (QED) is 0.836. The molecule has 0 amide bonds. The van der Waals surface area contributed by atoms with Gasteiger partial charge in [-0.25, -0.2) is 0 Å². The highest BCUT2D eigenvalue weighted by Crippen LogP contribution is 2.29. The summed E-state index contributed by atoms with van der Waals surface area (Å²) >= 11 is 0. The van der Waals surface area contributed by atoms with Crippen molar-refractivity contribution in [2.45, 2.75) is 19.6 Å². The Kier molecular flexibility index (Phi) is 5.45. The molecule has 108 valence electrons. The van der Waals surface area contributed by atoms with Gasteiger partial charge in [0.1, 0.15) is 0 Å². The highest BCUT2D eigenvalue weighted by Gasteiger charge is 2.30. The minimum Gasteiger partial charge on any atom is -0.381 e. The number of para-hydroxylation sites is 1. The topological polar surface area (TPSA) is 12.0 Å². The fourth-order valence-electron chi connectivity index (χ4n) is 1.83. The van der Waals surface area contributed by atoms with Crippen LogP contribution in [0.1, 0.15) is 16.7 Å². The molecule has 0 heterocycles. The van der Waals surface area contributed by atoms with E-state index in [1.807, 2.05) is 31.2 Å². The predicted molar refractivity (Wildman–Crippen MR) is 77.2 cm³/mol. The van der Waals surface area contributed by atoms with Crippen LogP contribution in [0.4, 0.5) is 18.9 Å². The minimum atomic E-state index is -4.29. The second-order valence-electron chi connectivity index (χ2n) is 4.37. The van der Waals surface area contributed by atoms with Gasteiger partial charge >= 0.3 is 6.18 Å². The molecule has 0 aromatic heterocycles. The summed E-state index contributed by atoms with van der Waals surface area (Å²) in [6, 6.07) is 13.0. The normalized spacial score (nSPS) is 10.8. The smallest absolute Gasteiger partial charge is 0.381 e. The van der Waals surface area contributed by atoms with Crippen LogP contribution in [0.2, 0.25) is 0 Å². The highest BCUT2D eigenvalue weighted by atomic mass is 35.5. The van der Waals surface area contributed by atoms with E-state index in [-0.39, 0.29) is 12.4 Å². The number of alkyl halides is 3. The van der Waals surface area contributed by atoms with Gasteiger partial charge in [0.2, 0.25) is 0 Å². The second kappa shape index (κ2) is 6.66. The Morgan fingerprint density at radius 2 is 1.70 bits per heavy atom. The Balaban J connectivity index is 0.00000200. The summed E-state index contributed by atoms with van der Waals surface area (Å²) in [6.07, 6.45) is -4.29. The third-order valence-corrected chi connectivity index (χ3v) is 2.88. The molecule has 0 atom stereocenters. The van der Waals surface area contributed by atoms with Gasteiger partial charge in [-0.05, 0) is 36.2 Å². The highest BCUT2D eigenvalue weighted by molar-refractivity contribution is 5.85. The fraction of sp³-hybridized carbons (Fsp3) is 0.200. The van der Waals surface area contributed by atoms with Crippen LogP contribution in [0.25, 0.3) is 0 Å². The maximum absolute atomic E-state index is 12.6. The SMILES string of the molecule is Cc1ccccc1NCc1cccc(C(F)(F)F)c1.Cl. The van der Waals surface area contributed by atoms with Gasteiger partial charge in [-0.3, -0.25) is 0 Å². The lowest BCUT2D eigenvalue weighted by Crippen LogP contribution is -2.07. The summed E-state index contributed by atoms with van der Waals surface area (Å²) in [4.78, 5) is 0. The fourth-order valence-corrected chi connectivity index (χ4v) is 1.83. The molecule has 0 saturated heterocycles. The number of rotatable bonds is 3. The van der Waals surface area contributed by atoms with Crippen molar-refractivity contribution in [3.8, 4) is 0 Å². The summed E-state index contributed by atoms with van der Waals surface area (Å²) in [5.74, 6) is 0. The van der Waals surface area contributed by atoms with Crippen LogP contribution in [0, 0.1) is 6.92 Å². The molecule has 0 aliphatic heterocycles. The van der Waals surface area contributed by atoms with E-state index < -0.39 is 11.7 Å². The van der Waals surface area contributed by atoms with Crippen LogP contribution in [0.5, 0.6) is 0 Å². The molecule has 0 aliphatic carbocycles. The molecule has 0 aliphatic rings. The number of nitrogens with one attached hydrogen (secondary N) is 1. The molecule has 2 rings (SSSR count). The van der Waals surface area contributed by atoms with Gasteiger partial charge in [-0.15, -0.1) is 12.4 Å². The molecular weight excluding hydrogens is 287 g/mol. The molecule has 0 radical (unpaired) electrons. The molecular formula is C15H15ClF3N. The van der Waals surface area contributed by atoms with Gasteiger partial charge in [0.15, 0.2) is 0 Å². The molecule has 2 aromatic carbocycles. The maximum atomic E-state index is 12.6. The van der Waals surface area contributed by atoms with E-state index in [0.29, 0.717) is 12.1 Å². The Morgan fingerprint density at radius 1 is 1.00 bits per heavy atom. The zero-order valence-electron chi connectivity index (χ0n) is 10.9. The molecule has 0 bridgehead atoms. The monoisotopic (exact) mass is 301 g/mol. The first-order valence-corrected chi connectivity index (χ1v) is 5.92. The van der Waals surface area contributed by atoms with Gasteiger partial charge in [-0.1, -0.05) is 30.3 Å². The molecule has 0 fully saturated rings. The largest absolute Gasteiger partial charge is 0.416 e. The van der Waals surface area contributed by atoms with Crippen molar-refractivity contribution >= 4 is 18.1 Å². The average molecular weight is 302 g/mol. The van der Waals surface area contributed by atoms with Crippen molar-refractivity contribution in [2.24, 2.45) is 0 Å². The van der Waals surface area contributed by atoms with Gasteiger partial charge in [-0.2, -0.15) is 13.2 Å². The number of halogens is 4. The Hall–Kier alpha value is -1.68. The van der Waals surface area contributed by atoms with Crippen LogP contribution >= 0.6 is 12.4 Å². The van der Waals surface area contributed by atoms with E-state index in [4.69, 9.17) is 0 Å². The summed E-state index contributed by atoms with van der Waals surface area (Å²) < 4.78 is 37.7. The Labute approximate surface area is 122 Å². The minimum absolute atomic E-state index is 0. The standard InChI is InChI=1S/C15H14F3N.ClH/c1-11-5-2-3-8-14(11)19-10-12-6-4-7-13(9-12)15(16,17)18;/h2-9,19H,10H2,1H3;1H. The third-order valence-electron chi connectivity index (χ3n) is 2.88. The lowest BCUT2D eigenvalue weighted by Gasteiger charge is -2.11. The lowest BCUT2D eigenvalue weighted by molar-refractivity contribution is -0.137. The van der Waals surface area contributed by atoms with Crippen LogP contribution in [-0.4, -0.2) is 0 Å². The molecule has 0 saturated carbocycles. The first-order valence-electron chi connectivity index (χ1n) is 5.92. The van der Waals surface area contributed by atoms with Crippen LogP contribution in [0.3, 0.4) is 0 Å². The molecule has 1 N–H and O–H groups in total. The van der Waals surface area contributed by atoms with Gasteiger partial charge in [0.25, 0.3) is 0 Å². The molecule has 5 heteroatoms. The van der Waals surface area contributed by atoms with Gasteiger partial charge < -0.3 is 5.32 Å². The van der Waals surface area contributed by atoms with Crippen molar-refractivity contribution in [1.82, 2.24) is 0 Å². The summed E-state index contributed by atoms with van der Waals surface area (Å²) in [5, 5.41) is 3.14. The lowest BCUT2D eigenvalue weighted by atomic mass is 10.1. The van der Waals surface area contributed by atoms with Gasteiger partial charge in [0.05, 0.1) is 5.56 Å². The van der Waals surface area contributed by atoms with E-state index in [1.54, 1.807) is 6.07 Å². The second-order valence-corrected chi connectivity index (χ2v) is 4.37. The van der Waals surface area contributed by atoms with Crippen LogP contribution < -0.4 is 5.32 Å². The van der Waals surface area contributed by atoms with Gasteiger partial charge in [0, 0.05) is 12.2 Å². The first kappa shape index (κ1) is 16.4. The van der Waals surface area contributed by atoms with Crippen LogP contribution in [-0.2, 0) is 12.7 Å². The molecule has 0 spiro atoms. The predicted octanol–water partition coefficient (Wildman–Crippen LogP) is 5.05. The Morgan fingerprint density at radius 3 is 2.35 bits per heavy atom. The number of aryl methyl sites for hydroxylation is 1. The van der Waals surface area contributed by atoms with Crippen LogP contribution in [0.15, 0.2) is 48.5 Å². The summed E-state index contributed by atoms with van der Waals surface area (Å²) in [7, 11) is 0. The summed E-state index contributed by atoms with van der Waals surface area (Å²) in [5.41, 5.74) is 1.99. The van der Waals surface area contributed by atoms with Crippen molar-refractivity contribution in [3.63, 3.8) is 0 Å². The molecule has 1 nitrogen and oxygen atoms in total. The Bertz CT molecular complexity index is 567. The van der Waals surface area contributed by atoms with Crippen molar-refractivity contribution in [1.29, 1.82) is 0 Å². The zero-order chi connectivity index (χ0) is 13.9. The van der Waals surface area contributed by atoms with E-state index >= 15 is 0 Å². The van der Waals surface area contributed by atoms with Crippen molar-refractivity contribution < 1.29 is 13.2 Å². The molecule has 2 aromatic rings. The number of hydrogen-bond acceptors (Lipinski definition) is 1.